The molecule has 2 heterocycles. The monoisotopic (exact) mass is 555 g/mol. The minimum Gasteiger partial charge on any atom is -0.356 e. The zero-order chi connectivity index (χ0) is 28.4. The van der Waals surface area contributed by atoms with E-state index < -0.39 is 0 Å². The van der Waals surface area contributed by atoms with Crippen molar-refractivity contribution in [3.63, 3.8) is 0 Å². The molecule has 5 heteroatoms. The van der Waals surface area contributed by atoms with Gasteiger partial charge in [-0.3, -0.25) is 9.59 Å². The van der Waals surface area contributed by atoms with E-state index in [1.165, 1.54) is 66.6 Å². The van der Waals surface area contributed by atoms with Gasteiger partial charge in [-0.25, -0.2) is 9.97 Å². The number of nitrogens with zero attached hydrogens (tertiary/aromatic N) is 2. The number of aromatic nitrogens is 2. The van der Waals surface area contributed by atoms with Crippen LogP contribution < -0.4 is 5.32 Å². The summed E-state index contributed by atoms with van der Waals surface area (Å²) in [5.74, 6) is 2.46. The highest BCUT2D eigenvalue weighted by atomic mass is 16.1. The Balaban J connectivity index is 1.03. The Morgan fingerprint density at radius 2 is 1.88 bits per heavy atom. The minimum atomic E-state index is 0.158. The number of Topliss-reactive ketones (excluding diaryl/α,β-unsaturated/α-hetero) is 1. The predicted molar refractivity (Wildman–Crippen MR) is 166 cm³/mol. The number of ketones is 1. The predicted octanol–water partition coefficient (Wildman–Crippen LogP) is 7.57. The number of nitrogens with one attached hydrogen (secondary N) is 1. The molecule has 2 aromatic rings. The van der Waals surface area contributed by atoms with E-state index in [-0.39, 0.29) is 11.8 Å². The number of amides is 1. The van der Waals surface area contributed by atoms with Crippen molar-refractivity contribution >= 4 is 17.8 Å². The van der Waals surface area contributed by atoms with Crippen molar-refractivity contribution in [3.05, 3.63) is 64.7 Å². The molecular weight excluding hydrogens is 506 g/mol. The Kier molecular flexibility index (Phi) is 10.8. The average Bonchev–Trinajstić information content (AvgIpc) is 3.20. The summed E-state index contributed by atoms with van der Waals surface area (Å²) in [6, 6.07) is 8.73. The molecule has 0 spiro atoms. The Hall–Kier alpha value is -2.82. The van der Waals surface area contributed by atoms with E-state index in [0.717, 1.165) is 57.9 Å². The van der Waals surface area contributed by atoms with Crippen molar-refractivity contribution in [1.82, 2.24) is 15.3 Å². The van der Waals surface area contributed by atoms with Gasteiger partial charge in [-0.05, 0) is 80.2 Å². The Morgan fingerprint density at radius 3 is 2.73 bits per heavy atom. The fraction of sp³-hybridized carbons (Fsp3) is 0.611. The van der Waals surface area contributed by atoms with Crippen LogP contribution >= 0.6 is 0 Å². The van der Waals surface area contributed by atoms with Crippen LogP contribution in [0.25, 0.3) is 6.08 Å². The minimum absolute atomic E-state index is 0.158. The summed E-state index contributed by atoms with van der Waals surface area (Å²) in [5, 5.41) is 2.99. The van der Waals surface area contributed by atoms with E-state index in [1.54, 1.807) is 6.33 Å². The Labute approximate surface area is 247 Å². The van der Waals surface area contributed by atoms with Crippen molar-refractivity contribution in [2.45, 2.75) is 116 Å². The van der Waals surface area contributed by atoms with E-state index in [1.807, 2.05) is 0 Å². The molecule has 220 valence electrons. The van der Waals surface area contributed by atoms with Crippen LogP contribution in [0.1, 0.15) is 124 Å². The van der Waals surface area contributed by atoms with Crippen LogP contribution in [-0.2, 0) is 28.9 Å². The van der Waals surface area contributed by atoms with Crippen LogP contribution in [0.15, 0.2) is 36.7 Å². The molecule has 5 rings (SSSR count). The van der Waals surface area contributed by atoms with Crippen LogP contribution in [0, 0.1) is 17.8 Å². The second kappa shape index (κ2) is 14.9. The van der Waals surface area contributed by atoms with Crippen molar-refractivity contribution in [3.8, 4) is 0 Å². The second-order valence-corrected chi connectivity index (χ2v) is 13.0. The summed E-state index contributed by atoms with van der Waals surface area (Å²) in [4.78, 5) is 34.3. The highest BCUT2D eigenvalue weighted by molar-refractivity contribution is 5.80. The lowest BCUT2D eigenvalue weighted by Crippen LogP contribution is -2.22. The Bertz CT molecular complexity index is 1200. The number of carbonyl (C=O) groups excluding carboxylic acids is 2. The van der Waals surface area contributed by atoms with Crippen molar-refractivity contribution in [1.29, 1.82) is 0 Å². The lowest BCUT2D eigenvalue weighted by molar-refractivity contribution is -0.123. The number of aryl methyl sites for hydroxylation is 2. The van der Waals surface area contributed by atoms with Gasteiger partial charge < -0.3 is 5.32 Å². The summed E-state index contributed by atoms with van der Waals surface area (Å²) >= 11 is 0. The summed E-state index contributed by atoms with van der Waals surface area (Å²) in [6.45, 7) is 2.95. The van der Waals surface area contributed by atoms with Gasteiger partial charge in [0, 0.05) is 30.9 Å². The first kappa shape index (κ1) is 29.7. The summed E-state index contributed by atoms with van der Waals surface area (Å²) < 4.78 is 0. The second-order valence-electron chi connectivity index (χ2n) is 13.0. The topological polar surface area (TPSA) is 72.0 Å². The maximum atomic E-state index is 13.1. The van der Waals surface area contributed by atoms with Crippen LogP contribution in [-0.4, -0.2) is 28.2 Å². The first-order valence-corrected chi connectivity index (χ1v) is 16.4. The van der Waals surface area contributed by atoms with Gasteiger partial charge in [0.1, 0.15) is 12.1 Å². The highest BCUT2D eigenvalue weighted by Gasteiger charge is 2.24. The zero-order valence-corrected chi connectivity index (χ0v) is 25.1. The molecule has 1 aliphatic heterocycles. The molecule has 2 atom stereocenters. The molecular formula is C36H49N3O2. The van der Waals surface area contributed by atoms with Crippen molar-refractivity contribution < 1.29 is 9.59 Å². The number of hydrogen-bond donors (Lipinski definition) is 1. The van der Waals surface area contributed by atoms with Gasteiger partial charge in [0.05, 0.1) is 11.4 Å². The summed E-state index contributed by atoms with van der Waals surface area (Å²) in [6.07, 6.45) is 23.3. The number of hydrogen-bond acceptors (Lipinski definition) is 4. The molecule has 1 saturated carbocycles. The Morgan fingerprint density at radius 1 is 1.05 bits per heavy atom. The van der Waals surface area contributed by atoms with E-state index in [4.69, 9.17) is 0 Å². The van der Waals surface area contributed by atoms with Crippen LogP contribution in [0.2, 0.25) is 0 Å². The lowest BCUT2D eigenvalue weighted by Gasteiger charge is -2.26. The molecule has 0 radical (unpaired) electrons. The maximum Gasteiger partial charge on any atom is 0.220 e. The molecule has 2 aliphatic carbocycles. The van der Waals surface area contributed by atoms with Crippen molar-refractivity contribution in [2.75, 3.05) is 6.54 Å². The van der Waals surface area contributed by atoms with Gasteiger partial charge in [-0.2, -0.15) is 0 Å². The lowest BCUT2D eigenvalue weighted by atomic mass is 9.79. The van der Waals surface area contributed by atoms with E-state index in [9.17, 15) is 9.59 Å². The molecule has 2 fully saturated rings. The number of allylic oxidation sites excluding steroid dienone is 1. The molecule has 1 N–H and O–H groups in total. The first-order chi connectivity index (χ1) is 20.0. The smallest absolute Gasteiger partial charge is 0.220 e. The van der Waals surface area contributed by atoms with Gasteiger partial charge in [0.25, 0.3) is 0 Å². The van der Waals surface area contributed by atoms with E-state index in [0.29, 0.717) is 36.4 Å². The third-order valence-electron chi connectivity index (χ3n) is 9.84. The van der Waals surface area contributed by atoms with Crippen LogP contribution in [0.3, 0.4) is 0 Å². The third-order valence-corrected chi connectivity index (χ3v) is 9.84. The van der Waals surface area contributed by atoms with Gasteiger partial charge in [0.2, 0.25) is 5.91 Å². The van der Waals surface area contributed by atoms with Crippen LogP contribution in [0.4, 0.5) is 0 Å². The first-order valence-electron chi connectivity index (χ1n) is 16.4. The van der Waals surface area contributed by atoms with Gasteiger partial charge in [-0.15, -0.1) is 0 Å². The molecule has 1 aromatic carbocycles. The SMILES string of the molecule is CC(CC1CCCC(Cc2ncnc3c2C=CCC3)CCC1)C(=O)CCCc1cccc(C2CCCNC(=O)C2)c1. The van der Waals surface area contributed by atoms with Crippen LogP contribution in [0.5, 0.6) is 0 Å². The van der Waals surface area contributed by atoms with Crippen molar-refractivity contribution in [2.24, 2.45) is 17.8 Å². The maximum absolute atomic E-state index is 13.1. The molecule has 2 unspecified atom stereocenters. The molecule has 1 aromatic heterocycles. The van der Waals surface area contributed by atoms with E-state index >= 15 is 0 Å². The fourth-order valence-corrected chi connectivity index (χ4v) is 7.45. The fourth-order valence-electron chi connectivity index (χ4n) is 7.45. The molecule has 41 heavy (non-hydrogen) atoms. The zero-order valence-electron chi connectivity index (χ0n) is 25.1. The van der Waals surface area contributed by atoms with Gasteiger partial charge in [0.15, 0.2) is 0 Å². The molecule has 0 bridgehead atoms. The summed E-state index contributed by atoms with van der Waals surface area (Å²) in [7, 11) is 0. The average molecular weight is 556 g/mol. The number of benzene rings is 1. The number of fused-ring (bicyclic) bond motifs is 1. The molecule has 5 nitrogen and oxygen atoms in total. The molecule has 3 aliphatic rings. The van der Waals surface area contributed by atoms with Gasteiger partial charge in [-0.1, -0.05) is 81.9 Å². The largest absolute Gasteiger partial charge is 0.356 e. The molecule has 1 amide bonds. The standard InChI is InChI=1S/C36H49N3O2/c1-26(35(40)19-7-14-28-13-6-15-30(22-28)31-16-8-20-37-36(41)24-31)21-27-9-4-11-29(12-5-10-27)23-34-32-17-2-3-18-33(32)38-25-39-34/h2,6,13,15,17,22,25-27,29,31H,3-5,7-12,14,16,18-21,23-24H2,1H3,(H,37,41). The number of rotatable bonds is 10. The van der Waals surface area contributed by atoms with Gasteiger partial charge >= 0.3 is 0 Å². The number of carbonyl (C=O) groups is 2. The molecule has 1 saturated heterocycles. The summed E-state index contributed by atoms with van der Waals surface area (Å²) in [5.41, 5.74) is 6.32. The normalized spacial score (nSPS) is 23.9. The quantitative estimate of drug-likeness (QED) is 0.328. The van der Waals surface area contributed by atoms with E-state index in [2.05, 4.69) is 58.6 Å². The highest BCUT2D eigenvalue weighted by Crippen LogP contribution is 2.33. The third kappa shape index (κ3) is 8.59.